The zero-order valence-corrected chi connectivity index (χ0v) is 16.5. The number of rotatable bonds is 10. The zero-order chi connectivity index (χ0) is 21.4. The summed E-state index contributed by atoms with van der Waals surface area (Å²) in [6, 6.07) is 4.69. The molecule has 1 aliphatic rings. The second-order valence-electron chi connectivity index (χ2n) is 7.15. The maximum absolute atomic E-state index is 12.6. The molecule has 0 aromatic heterocycles. The predicted molar refractivity (Wildman–Crippen MR) is 99.7 cm³/mol. The van der Waals surface area contributed by atoms with Crippen molar-refractivity contribution in [3.05, 3.63) is 35.4 Å². The highest BCUT2D eigenvalue weighted by atomic mass is 19.4. The molecule has 0 spiro atoms. The number of likely N-dealkylation sites (tertiary alicyclic amines) is 1. The number of alkyl halides is 3. The molecule has 2 rings (SSSR count). The first-order valence-electron chi connectivity index (χ1n) is 9.88. The van der Waals surface area contributed by atoms with Crippen LogP contribution in [-0.2, 0) is 31.7 Å². The van der Waals surface area contributed by atoms with Gasteiger partial charge < -0.3 is 4.74 Å². The number of hydrogen-bond donors (Lipinski definition) is 0. The topological polar surface area (TPSA) is 63.7 Å². The Hall–Kier alpha value is -2.38. The minimum absolute atomic E-state index is 0.0860. The molecule has 1 saturated heterocycles. The highest BCUT2D eigenvalue weighted by molar-refractivity contribution is 6.03. The van der Waals surface area contributed by atoms with E-state index in [1.165, 1.54) is 17.0 Å². The van der Waals surface area contributed by atoms with Gasteiger partial charge in [-0.25, -0.2) is 0 Å². The van der Waals surface area contributed by atoms with Crippen LogP contribution in [-0.4, -0.2) is 35.8 Å². The van der Waals surface area contributed by atoms with Crippen molar-refractivity contribution in [2.75, 3.05) is 13.2 Å². The number of benzene rings is 1. The number of carbonyl (C=O) groups is 3. The van der Waals surface area contributed by atoms with Gasteiger partial charge in [0.05, 0.1) is 18.1 Å². The van der Waals surface area contributed by atoms with Crippen molar-refractivity contribution in [1.29, 1.82) is 0 Å². The lowest BCUT2D eigenvalue weighted by Gasteiger charge is -2.15. The molecule has 1 heterocycles. The maximum Gasteiger partial charge on any atom is 0.416 e. The summed E-state index contributed by atoms with van der Waals surface area (Å²) in [6.45, 7) is 2.46. The molecule has 160 valence electrons. The summed E-state index contributed by atoms with van der Waals surface area (Å²) in [5.41, 5.74) is -0.135. The van der Waals surface area contributed by atoms with E-state index in [-0.39, 0.29) is 30.6 Å². The van der Waals surface area contributed by atoms with Gasteiger partial charge in [-0.2, -0.15) is 13.2 Å². The Morgan fingerprint density at radius 3 is 2.38 bits per heavy atom. The maximum atomic E-state index is 12.6. The minimum Gasteiger partial charge on any atom is -0.466 e. The van der Waals surface area contributed by atoms with Crippen LogP contribution in [0.5, 0.6) is 0 Å². The fraction of sp³-hybridized carbons (Fsp3) is 0.571. The van der Waals surface area contributed by atoms with Gasteiger partial charge in [-0.3, -0.25) is 19.3 Å². The number of unbranched alkanes of at least 4 members (excludes halogenated alkanes) is 3. The Bertz CT molecular complexity index is 716. The summed E-state index contributed by atoms with van der Waals surface area (Å²) in [4.78, 5) is 37.1. The second-order valence-corrected chi connectivity index (χ2v) is 7.15. The third-order valence-corrected chi connectivity index (χ3v) is 4.92. The van der Waals surface area contributed by atoms with Gasteiger partial charge in [0, 0.05) is 19.4 Å². The molecule has 1 atom stereocenters. The zero-order valence-electron chi connectivity index (χ0n) is 16.5. The van der Waals surface area contributed by atoms with Crippen molar-refractivity contribution < 1.29 is 32.3 Å². The molecule has 1 fully saturated rings. The molecule has 0 saturated carbocycles. The van der Waals surface area contributed by atoms with E-state index in [1.807, 2.05) is 0 Å². The van der Waals surface area contributed by atoms with Crippen molar-refractivity contribution in [1.82, 2.24) is 4.90 Å². The molecule has 0 radical (unpaired) electrons. The minimum atomic E-state index is -4.40. The molecule has 0 aliphatic carbocycles. The summed E-state index contributed by atoms with van der Waals surface area (Å²) in [5.74, 6) is -1.24. The van der Waals surface area contributed by atoms with Crippen LogP contribution >= 0.6 is 0 Å². The molecule has 1 aliphatic heterocycles. The summed E-state index contributed by atoms with van der Waals surface area (Å²) in [5, 5.41) is 0. The van der Waals surface area contributed by atoms with Gasteiger partial charge in [0.1, 0.15) is 0 Å². The number of esters is 1. The number of halogens is 3. The number of amides is 2. The van der Waals surface area contributed by atoms with E-state index in [0.717, 1.165) is 25.0 Å². The third kappa shape index (κ3) is 6.87. The Balaban J connectivity index is 1.75. The van der Waals surface area contributed by atoms with E-state index in [0.29, 0.717) is 38.0 Å². The fourth-order valence-corrected chi connectivity index (χ4v) is 3.39. The first kappa shape index (κ1) is 22.9. The van der Waals surface area contributed by atoms with E-state index in [9.17, 15) is 27.6 Å². The average molecular weight is 413 g/mol. The molecule has 29 heavy (non-hydrogen) atoms. The molecule has 0 bridgehead atoms. The lowest BCUT2D eigenvalue weighted by molar-refractivity contribution is -0.143. The summed E-state index contributed by atoms with van der Waals surface area (Å²) in [6.07, 6.45) is -0.731. The number of imide groups is 1. The monoisotopic (exact) mass is 413 g/mol. The van der Waals surface area contributed by atoms with E-state index in [2.05, 4.69) is 0 Å². The highest BCUT2D eigenvalue weighted by Crippen LogP contribution is 2.30. The van der Waals surface area contributed by atoms with Gasteiger partial charge in [0.25, 0.3) is 0 Å². The first-order chi connectivity index (χ1) is 13.7. The molecule has 2 amide bonds. The van der Waals surface area contributed by atoms with Crippen molar-refractivity contribution in [3.8, 4) is 0 Å². The molecule has 1 aromatic rings. The van der Waals surface area contributed by atoms with E-state index in [1.54, 1.807) is 6.92 Å². The van der Waals surface area contributed by atoms with Crippen LogP contribution in [0.25, 0.3) is 0 Å². The smallest absolute Gasteiger partial charge is 0.416 e. The Morgan fingerprint density at radius 2 is 1.76 bits per heavy atom. The molecule has 1 aromatic carbocycles. The molecule has 0 N–H and O–H groups in total. The van der Waals surface area contributed by atoms with Crippen molar-refractivity contribution >= 4 is 17.8 Å². The normalized spacial score (nSPS) is 17.1. The molecule has 5 nitrogen and oxygen atoms in total. The van der Waals surface area contributed by atoms with E-state index in [4.69, 9.17) is 4.74 Å². The number of nitrogens with zero attached hydrogens (tertiary/aromatic N) is 1. The lowest BCUT2D eigenvalue weighted by atomic mass is 9.97. The van der Waals surface area contributed by atoms with Crippen LogP contribution in [0, 0.1) is 5.92 Å². The van der Waals surface area contributed by atoms with Gasteiger partial charge in [0.2, 0.25) is 11.8 Å². The van der Waals surface area contributed by atoms with Crippen LogP contribution in [0.4, 0.5) is 13.2 Å². The standard InChI is InChI=1S/C21H26F3NO4/c1-2-29-19(27)7-5-3-4-6-12-25-18(26)14-16(20(25)28)13-15-8-10-17(11-9-15)21(22,23)24/h8-11,16H,2-7,12-14H2,1H3. The van der Waals surface area contributed by atoms with Gasteiger partial charge >= 0.3 is 12.1 Å². The molecule has 1 unspecified atom stereocenters. The first-order valence-corrected chi connectivity index (χ1v) is 9.88. The average Bonchev–Trinajstić information content (AvgIpc) is 2.91. The van der Waals surface area contributed by atoms with Gasteiger partial charge in [-0.15, -0.1) is 0 Å². The van der Waals surface area contributed by atoms with Crippen LogP contribution in [0.2, 0.25) is 0 Å². The second kappa shape index (κ2) is 10.4. The molecular weight excluding hydrogens is 387 g/mol. The number of ether oxygens (including phenoxy) is 1. The molecule has 8 heteroatoms. The number of hydrogen-bond acceptors (Lipinski definition) is 4. The van der Waals surface area contributed by atoms with Crippen molar-refractivity contribution in [2.24, 2.45) is 5.92 Å². The number of carbonyl (C=O) groups excluding carboxylic acids is 3. The highest BCUT2D eigenvalue weighted by Gasteiger charge is 2.38. The Labute approximate surface area is 168 Å². The van der Waals surface area contributed by atoms with Crippen LogP contribution in [0.3, 0.4) is 0 Å². The predicted octanol–water partition coefficient (Wildman–Crippen LogP) is 4.14. The summed E-state index contributed by atoms with van der Waals surface area (Å²) >= 11 is 0. The van der Waals surface area contributed by atoms with Gasteiger partial charge in [-0.05, 0) is 43.9 Å². The van der Waals surface area contributed by atoms with Gasteiger partial charge in [-0.1, -0.05) is 25.0 Å². The summed E-state index contributed by atoms with van der Waals surface area (Å²) < 4.78 is 42.7. The fourth-order valence-electron chi connectivity index (χ4n) is 3.39. The van der Waals surface area contributed by atoms with Crippen molar-refractivity contribution in [2.45, 2.75) is 58.0 Å². The third-order valence-electron chi connectivity index (χ3n) is 4.92. The Kier molecular flexibility index (Phi) is 8.22. The largest absolute Gasteiger partial charge is 0.466 e. The van der Waals surface area contributed by atoms with Gasteiger partial charge in [0.15, 0.2) is 0 Å². The Morgan fingerprint density at radius 1 is 1.10 bits per heavy atom. The van der Waals surface area contributed by atoms with E-state index < -0.39 is 17.7 Å². The van der Waals surface area contributed by atoms with Crippen molar-refractivity contribution in [3.63, 3.8) is 0 Å². The van der Waals surface area contributed by atoms with Crippen LogP contribution < -0.4 is 0 Å². The van der Waals surface area contributed by atoms with Crippen LogP contribution in [0.1, 0.15) is 56.6 Å². The SMILES string of the molecule is CCOC(=O)CCCCCCN1C(=O)CC(Cc2ccc(C(F)(F)F)cc2)C1=O. The van der Waals surface area contributed by atoms with Crippen LogP contribution in [0.15, 0.2) is 24.3 Å². The quantitative estimate of drug-likeness (QED) is 0.329. The van der Waals surface area contributed by atoms with E-state index >= 15 is 0 Å². The molecular formula is C21H26F3NO4. The summed E-state index contributed by atoms with van der Waals surface area (Å²) in [7, 11) is 0. The lowest BCUT2D eigenvalue weighted by Crippen LogP contribution is -2.32.